The summed E-state index contributed by atoms with van der Waals surface area (Å²) in [6, 6.07) is 9.29. The first kappa shape index (κ1) is 15.3. The molecule has 5 nitrogen and oxygen atoms in total. The molecule has 0 bridgehead atoms. The SMILES string of the molecule is O=C(c1ccnc(Cl)c1)N1CCCC1c1ccc2c(c1)OCCO2. The number of hydrogen-bond acceptors (Lipinski definition) is 4. The Balaban J connectivity index is 1.62. The second kappa shape index (κ2) is 6.32. The Bertz CT molecular complexity index is 781. The van der Waals surface area contributed by atoms with Crippen molar-refractivity contribution in [2.24, 2.45) is 0 Å². The molecular weight excluding hydrogens is 328 g/mol. The Morgan fingerprint density at radius 2 is 2.00 bits per heavy atom. The van der Waals surface area contributed by atoms with Crippen molar-refractivity contribution in [3.8, 4) is 11.5 Å². The fourth-order valence-electron chi connectivity index (χ4n) is 3.32. The van der Waals surface area contributed by atoms with E-state index in [-0.39, 0.29) is 11.9 Å². The number of likely N-dealkylation sites (tertiary alicyclic amines) is 1. The molecule has 0 saturated carbocycles. The summed E-state index contributed by atoms with van der Waals surface area (Å²) >= 11 is 5.92. The van der Waals surface area contributed by atoms with Gasteiger partial charge in [-0.15, -0.1) is 0 Å². The van der Waals surface area contributed by atoms with Crippen LogP contribution in [-0.2, 0) is 0 Å². The summed E-state index contributed by atoms with van der Waals surface area (Å²) in [6.07, 6.45) is 3.47. The Kier molecular flexibility index (Phi) is 4.02. The second-order valence-corrected chi connectivity index (χ2v) is 6.31. The van der Waals surface area contributed by atoms with E-state index in [1.165, 1.54) is 0 Å². The van der Waals surface area contributed by atoms with Crippen LogP contribution >= 0.6 is 11.6 Å². The van der Waals surface area contributed by atoms with Crippen molar-refractivity contribution in [2.45, 2.75) is 18.9 Å². The Labute approximate surface area is 145 Å². The average molecular weight is 345 g/mol. The summed E-state index contributed by atoms with van der Waals surface area (Å²) in [5.41, 5.74) is 1.64. The van der Waals surface area contributed by atoms with E-state index in [1.54, 1.807) is 18.3 Å². The van der Waals surface area contributed by atoms with Gasteiger partial charge in [-0.1, -0.05) is 17.7 Å². The Hall–Kier alpha value is -2.27. The summed E-state index contributed by atoms with van der Waals surface area (Å²) in [5.74, 6) is 1.50. The summed E-state index contributed by atoms with van der Waals surface area (Å²) in [4.78, 5) is 18.7. The first-order chi connectivity index (χ1) is 11.7. The van der Waals surface area contributed by atoms with Crippen LogP contribution in [0.1, 0.15) is 34.8 Å². The summed E-state index contributed by atoms with van der Waals surface area (Å²) in [5, 5.41) is 0.330. The zero-order valence-corrected chi connectivity index (χ0v) is 13.8. The number of aromatic nitrogens is 1. The highest BCUT2D eigenvalue weighted by atomic mass is 35.5. The molecule has 24 heavy (non-hydrogen) atoms. The van der Waals surface area contributed by atoms with Gasteiger partial charge in [-0.05, 0) is 42.7 Å². The van der Waals surface area contributed by atoms with Crippen molar-refractivity contribution in [1.29, 1.82) is 0 Å². The Morgan fingerprint density at radius 1 is 1.17 bits per heavy atom. The molecule has 2 aliphatic rings. The molecule has 0 N–H and O–H groups in total. The van der Waals surface area contributed by atoms with Gasteiger partial charge in [0.1, 0.15) is 18.4 Å². The summed E-state index contributed by atoms with van der Waals surface area (Å²) < 4.78 is 11.2. The molecule has 1 saturated heterocycles. The second-order valence-electron chi connectivity index (χ2n) is 5.93. The number of nitrogens with zero attached hydrogens (tertiary/aromatic N) is 2. The van der Waals surface area contributed by atoms with Crippen LogP contribution in [0.15, 0.2) is 36.5 Å². The van der Waals surface area contributed by atoms with Crippen molar-refractivity contribution in [3.05, 3.63) is 52.8 Å². The van der Waals surface area contributed by atoms with Crippen LogP contribution in [0.5, 0.6) is 11.5 Å². The van der Waals surface area contributed by atoms with E-state index in [0.717, 1.165) is 36.4 Å². The van der Waals surface area contributed by atoms with Crippen molar-refractivity contribution in [3.63, 3.8) is 0 Å². The molecule has 1 aromatic carbocycles. The van der Waals surface area contributed by atoms with Crippen molar-refractivity contribution >= 4 is 17.5 Å². The predicted molar refractivity (Wildman–Crippen MR) is 89.7 cm³/mol. The lowest BCUT2D eigenvalue weighted by Crippen LogP contribution is -2.30. The number of hydrogen-bond donors (Lipinski definition) is 0. The van der Waals surface area contributed by atoms with Crippen LogP contribution in [0.25, 0.3) is 0 Å². The maximum absolute atomic E-state index is 12.9. The van der Waals surface area contributed by atoms with Gasteiger partial charge in [0, 0.05) is 18.3 Å². The molecular formula is C18H17ClN2O3. The third-order valence-electron chi connectivity index (χ3n) is 4.44. The largest absolute Gasteiger partial charge is 0.486 e. The molecule has 3 heterocycles. The molecule has 1 amide bonds. The van der Waals surface area contributed by atoms with E-state index >= 15 is 0 Å². The van der Waals surface area contributed by atoms with Crippen LogP contribution in [0, 0.1) is 0 Å². The highest BCUT2D eigenvalue weighted by Gasteiger charge is 2.31. The van der Waals surface area contributed by atoms with Crippen LogP contribution in [0.2, 0.25) is 5.15 Å². The van der Waals surface area contributed by atoms with Gasteiger partial charge in [-0.25, -0.2) is 4.98 Å². The number of pyridine rings is 1. The van der Waals surface area contributed by atoms with Gasteiger partial charge in [-0.2, -0.15) is 0 Å². The summed E-state index contributed by atoms with van der Waals surface area (Å²) in [7, 11) is 0. The first-order valence-corrected chi connectivity index (χ1v) is 8.42. The minimum atomic E-state index is -0.0170. The van der Waals surface area contributed by atoms with Gasteiger partial charge in [0.25, 0.3) is 5.91 Å². The van der Waals surface area contributed by atoms with Crippen LogP contribution in [-0.4, -0.2) is 35.5 Å². The molecule has 4 rings (SSSR count). The zero-order chi connectivity index (χ0) is 16.5. The highest BCUT2D eigenvalue weighted by Crippen LogP contribution is 2.38. The minimum absolute atomic E-state index is 0.0170. The number of carbonyl (C=O) groups is 1. The fourth-order valence-corrected chi connectivity index (χ4v) is 3.50. The number of amides is 1. The maximum Gasteiger partial charge on any atom is 0.254 e. The van der Waals surface area contributed by atoms with E-state index in [4.69, 9.17) is 21.1 Å². The molecule has 2 aliphatic heterocycles. The van der Waals surface area contributed by atoms with Crippen LogP contribution < -0.4 is 9.47 Å². The number of carbonyl (C=O) groups excluding carboxylic acids is 1. The van der Waals surface area contributed by atoms with Crippen molar-refractivity contribution < 1.29 is 14.3 Å². The number of halogens is 1. The molecule has 6 heteroatoms. The van der Waals surface area contributed by atoms with Gasteiger partial charge in [-0.3, -0.25) is 4.79 Å². The molecule has 2 aromatic rings. The molecule has 1 aromatic heterocycles. The number of rotatable bonds is 2. The summed E-state index contributed by atoms with van der Waals surface area (Å²) in [6.45, 7) is 1.86. The van der Waals surface area contributed by atoms with E-state index in [0.29, 0.717) is 23.9 Å². The number of benzene rings is 1. The number of fused-ring (bicyclic) bond motifs is 1. The number of ether oxygens (including phenoxy) is 2. The molecule has 1 atom stereocenters. The molecule has 1 fully saturated rings. The van der Waals surface area contributed by atoms with Crippen LogP contribution in [0.3, 0.4) is 0 Å². The van der Waals surface area contributed by atoms with E-state index < -0.39 is 0 Å². The Morgan fingerprint density at radius 3 is 2.83 bits per heavy atom. The van der Waals surface area contributed by atoms with E-state index in [2.05, 4.69) is 4.98 Å². The average Bonchev–Trinajstić information content (AvgIpc) is 3.10. The molecule has 124 valence electrons. The van der Waals surface area contributed by atoms with Gasteiger partial charge < -0.3 is 14.4 Å². The van der Waals surface area contributed by atoms with Gasteiger partial charge >= 0.3 is 0 Å². The quantitative estimate of drug-likeness (QED) is 0.783. The maximum atomic E-state index is 12.9. The van der Waals surface area contributed by atoms with E-state index in [9.17, 15) is 4.79 Å². The van der Waals surface area contributed by atoms with Gasteiger partial charge in [0.15, 0.2) is 11.5 Å². The first-order valence-electron chi connectivity index (χ1n) is 8.04. The fraction of sp³-hybridized carbons (Fsp3) is 0.333. The molecule has 0 aliphatic carbocycles. The normalized spacial score (nSPS) is 19.4. The third-order valence-corrected chi connectivity index (χ3v) is 4.64. The lowest BCUT2D eigenvalue weighted by molar-refractivity contribution is 0.0735. The third kappa shape index (κ3) is 2.80. The minimum Gasteiger partial charge on any atom is -0.486 e. The topological polar surface area (TPSA) is 51.7 Å². The molecule has 1 unspecified atom stereocenters. The van der Waals surface area contributed by atoms with E-state index in [1.807, 2.05) is 23.1 Å². The zero-order valence-electron chi connectivity index (χ0n) is 13.1. The van der Waals surface area contributed by atoms with Gasteiger partial charge in [0.05, 0.1) is 6.04 Å². The standard InChI is InChI=1S/C18H17ClN2O3/c19-17-11-13(5-6-20-17)18(22)21-7-1-2-14(21)12-3-4-15-16(10-12)24-9-8-23-15/h3-6,10-11,14H,1-2,7-9H2. The lowest BCUT2D eigenvalue weighted by atomic mass is 10.0. The van der Waals surface area contributed by atoms with Crippen LogP contribution in [0.4, 0.5) is 0 Å². The van der Waals surface area contributed by atoms with Crippen molar-refractivity contribution in [2.75, 3.05) is 19.8 Å². The highest BCUT2D eigenvalue weighted by molar-refractivity contribution is 6.29. The molecule has 0 radical (unpaired) electrons. The lowest BCUT2D eigenvalue weighted by Gasteiger charge is -2.27. The monoisotopic (exact) mass is 344 g/mol. The predicted octanol–water partition coefficient (Wildman–Crippen LogP) is 3.48. The smallest absolute Gasteiger partial charge is 0.254 e. The van der Waals surface area contributed by atoms with Gasteiger partial charge in [0.2, 0.25) is 0 Å². The van der Waals surface area contributed by atoms with Crippen molar-refractivity contribution in [1.82, 2.24) is 9.88 Å². The molecule has 0 spiro atoms.